The predicted molar refractivity (Wildman–Crippen MR) is 608 cm³/mol. The molecule has 6 aromatic carbocycles. The number of hydrogen-bond acceptors (Lipinski definition) is 26. The number of aryl methyl sites for hydroxylation is 4. The van der Waals surface area contributed by atoms with Gasteiger partial charge in [-0.05, 0) is 401 Å². The van der Waals surface area contributed by atoms with Crippen LogP contribution in [-0.4, -0.2) is 211 Å². The second kappa shape index (κ2) is 64.3. The van der Waals surface area contributed by atoms with Gasteiger partial charge in [-0.15, -0.1) is 0 Å². The number of phenolic OH excluding ortho intramolecular Hbond substituents is 5. The number of hydrogen-bond donors (Lipinski definition) is 7. The number of nitrogens with one attached hydrogen (secondary N) is 1. The summed E-state index contributed by atoms with van der Waals surface area (Å²) >= 11 is 21.2. The molecule has 0 unspecified atom stereocenters. The molecule has 5 aromatic heterocycles. The molecule has 29 nitrogen and oxygen atoms in total. The number of amides is 2. The number of Topliss-reactive ketones (excluding diaryl/α,β-unsaturated/α-hetero) is 5. The lowest BCUT2D eigenvalue weighted by Gasteiger charge is -2.32. The van der Waals surface area contributed by atoms with E-state index in [1.807, 2.05) is 186 Å². The van der Waals surface area contributed by atoms with Gasteiger partial charge in [0.2, 0.25) is 0 Å². The Morgan fingerprint density at radius 3 is 1.16 bits per heavy atom. The Bertz CT molecular complexity index is 6030. The van der Waals surface area contributed by atoms with Crippen molar-refractivity contribution in [2.24, 2.45) is 0 Å². The van der Waals surface area contributed by atoms with Crippen molar-refractivity contribution >= 4 is 181 Å². The summed E-state index contributed by atoms with van der Waals surface area (Å²) in [7, 11) is -1.40. The third kappa shape index (κ3) is 43.0. The number of para-hydroxylation sites is 1. The highest BCUT2D eigenvalue weighted by atomic mass is 79.9. The van der Waals surface area contributed by atoms with E-state index < -0.39 is 55.5 Å². The maximum Gasteiger partial charge on any atom is 0.496 e. The number of carboxylic acid groups (broad SMARTS) is 1. The number of carboxylic acids is 1. The molecule has 0 bridgehead atoms. The molecule has 0 atom stereocenters. The van der Waals surface area contributed by atoms with E-state index in [-0.39, 0.29) is 123 Å². The molecule has 0 spiro atoms. The van der Waals surface area contributed by atoms with Gasteiger partial charge in [-0.1, -0.05) is 90.2 Å². The standard InChI is InChI=1S/C16H25BN2O3.C12H24B2O4.C12H10O2.C10H13BrN2O.2C10H12O2.C9H10O2.C8H6F2O2.C6H3BrClNO.C6H4BrNO2.C5H3Br2N.C4H11N.2CH4/c1-7-19(8-2)14(20)13-10-9-12(11-18-13)17-21-15(3,4)16(5,6)22-17;1-9(2)10(3,4)16-13(15-9)14-17-11(5,6)12(7,8)18-14;1-8(13)12-10-5-3-2-4-9(10)6-7-11(12)14;1-3-13(4-2)10(14)9-6-5-8(11)7-12-9;1-6-4-9(8(3)11)10(12)5-7(6)2;1-6-4-7(2)10(12)9(5-6)8(3)11;1-2-8(10)7-5-3-4-6-9(7)11;1-4(11)6-2-5(9)3-7(10)8(6)12;7-4-1-2-5(6(8)10)9-3-4;7-4-1-2-5(6(9)10)8-3-4;6-4-1-2-5(7)8-3-4;1-3-5-4-2;;/h9-11H,7-8H2,1-6H3;1-8H3;2-7,14H,1H3;5-7H,3-4H2,1-2H3;2*4-5,12H,1-3H3;3-6,11H,2H2,1H3;2-3,12H,1H3;1-3H;1-3H,(H,9,10);1-3H;5H,3-4H2,1-2H3;2*1H4. The topological polar surface area (TPSA) is 413 Å². The molecule has 0 radical (unpaired) electrons. The Hall–Kier alpha value is -10.8. The molecule has 0 aliphatic carbocycles. The molecule has 3 aliphatic heterocycles. The lowest BCUT2D eigenvalue weighted by molar-refractivity contribution is 0.00578. The number of carbonyl (C=O) groups excluding carboxylic acids is 8. The van der Waals surface area contributed by atoms with Crippen LogP contribution >= 0.6 is 91.3 Å². The van der Waals surface area contributed by atoms with E-state index >= 15 is 0 Å². The van der Waals surface area contributed by atoms with Crippen molar-refractivity contribution in [2.75, 3.05) is 39.3 Å². The average Bonchev–Trinajstić information content (AvgIpc) is 1.59. The first-order valence-electron chi connectivity index (χ1n) is 47.1. The minimum absolute atomic E-state index is 0. The number of halogens is 8. The summed E-state index contributed by atoms with van der Waals surface area (Å²) in [5.74, 6) is -4.49. The zero-order valence-corrected chi connectivity index (χ0v) is 97.2. The van der Waals surface area contributed by atoms with Gasteiger partial charge in [-0.25, -0.2) is 28.5 Å². The highest BCUT2D eigenvalue weighted by Gasteiger charge is 2.64. The SMILES string of the molecule is Brc1ccc(Br)nc1.C.C.CC(=O)c1c(O)ccc2ccccc12.CC(=O)c1cc(C)c(C)cc1O.CC(=O)c1cc(C)cc(C)c1O.CC(=O)c1cc(F)cc(F)c1O.CC1(C)OB(B2OC(C)(C)C(C)(C)O2)OC1(C)C.CCC(=O)c1ccccc1O.CCN(CC)C(=O)c1ccc(B2OC(C)(C)C(C)(C)O2)cn1.CCN(CC)C(=O)c1ccc(Br)cn1.CCNCC.O=C(Cl)c1ccc(Br)cn1.O=C(O)c1ccc(Br)cn1. The van der Waals surface area contributed by atoms with Gasteiger partial charge in [0.25, 0.3) is 17.1 Å². The molecule has 3 fully saturated rings. The van der Waals surface area contributed by atoms with Crippen LogP contribution in [0, 0.1) is 39.3 Å². The molecule has 7 N–H and O–H groups in total. The van der Waals surface area contributed by atoms with Crippen molar-refractivity contribution in [3.63, 3.8) is 0 Å². The van der Waals surface area contributed by atoms with Crippen LogP contribution in [-0.2, 0) is 27.9 Å². The Balaban J connectivity index is 0.000000828. The van der Waals surface area contributed by atoms with E-state index in [0.29, 0.717) is 72.3 Å². The largest absolute Gasteiger partial charge is 0.507 e. The van der Waals surface area contributed by atoms with Gasteiger partial charge in [0.05, 0.1) is 61.4 Å². The smallest absolute Gasteiger partial charge is 0.496 e. The molecular formula is C110H141B3Br5ClF2N8O21. The first-order chi connectivity index (χ1) is 68.9. The quantitative estimate of drug-likeness (QED) is 0.0181. The van der Waals surface area contributed by atoms with Gasteiger partial charge in [0.15, 0.2) is 40.5 Å². The normalized spacial score (nSPS) is 13.7. The van der Waals surface area contributed by atoms with E-state index in [0.717, 1.165) is 87.1 Å². The first-order valence-corrected chi connectivity index (χ1v) is 51.5. The van der Waals surface area contributed by atoms with Gasteiger partial charge in [-0.3, -0.25) is 48.3 Å². The molecule has 2 amide bonds. The maximum absolute atomic E-state index is 12.6. The van der Waals surface area contributed by atoms with Gasteiger partial charge in [-0.2, -0.15) is 0 Å². The minimum atomic E-state index is -1.12. The summed E-state index contributed by atoms with van der Waals surface area (Å²) in [6.07, 6.45) is 8.44. The van der Waals surface area contributed by atoms with E-state index in [4.69, 9.17) is 49.7 Å². The molecule has 812 valence electrons. The Labute approximate surface area is 929 Å². The summed E-state index contributed by atoms with van der Waals surface area (Å²) in [5.41, 5.74) is 4.96. The fraction of sp³-hybridized carbons (Fsp3) is 0.382. The summed E-state index contributed by atoms with van der Waals surface area (Å²) in [4.78, 5) is 123. The summed E-state index contributed by atoms with van der Waals surface area (Å²) < 4.78 is 65.2. The third-order valence-electron chi connectivity index (χ3n) is 23.4. The van der Waals surface area contributed by atoms with E-state index in [2.05, 4.69) is 124 Å². The van der Waals surface area contributed by atoms with Crippen molar-refractivity contribution in [1.82, 2.24) is 40.0 Å². The monoisotopic (exact) mass is 2410 g/mol. The molecule has 11 aromatic rings. The van der Waals surface area contributed by atoms with Crippen LogP contribution in [0.5, 0.6) is 28.7 Å². The fourth-order valence-corrected chi connectivity index (χ4v) is 14.1. The highest BCUT2D eigenvalue weighted by Crippen LogP contribution is 2.44. The predicted octanol–water partition coefficient (Wildman–Crippen LogP) is 25.7. The molecule has 3 saturated heterocycles. The van der Waals surface area contributed by atoms with Crippen molar-refractivity contribution in [3.05, 3.63) is 296 Å². The lowest BCUT2D eigenvalue weighted by atomic mass is 9.49. The number of carbonyl (C=O) groups is 9. The Morgan fingerprint density at radius 2 is 0.793 bits per heavy atom. The Morgan fingerprint density at radius 1 is 0.400 bits per heavy atom. The molecule has 40 heteroatoms. The number of aromatic carboxylic acids is 1. The average molecular weight is 2420 g/mol. The number of aromatic nitrogens is 5. The van der Waals surface area contributed by atoms with Crippen molar-refractivity contribution in [3.8, 4) is 28.7 Å². The molecule has 3 aliphatic rings. The number of aromatic hydroxyl groups is 5. The number of pyridine rings is 5. The van der Waals surface area contributed by atoms with Gasteiger partial charge in [0.1, 0.15) is 56.2 Å². The lowest BCUT2D eigenvalue weighted by Crippen LogP contribution is -2.41. The van der Waals surface area contributed by atoms with E-state index in [1.54, 1.807) is 121 Å². The van der Waals surface area contributed by atoms with Crippen LogP contribution in [0.2, 0.25) is 0 Å². The molecule has 150 heavy (non-hydrogen) atoms. The molecule has 14 rings (SSSR count). The second-order valence-corrected chi connectivity index (χ2v) is 40.9. The molecular weight excluding hydrogens is 2270 g/mol. The highest BCUT2D eigenvalue weighted by molar-refractivity contribution is 9.11. The van der Waals surface area contributed by atoms with Gasteiger partial charge in [0, 0.05) is 93.0 Å². The van der Waals surface area contributed by atoms with Crippen LogP contribution in [0.4, 0.5) is 8.78 Å². The zero-order valence-electron chi connectivity index (χ0n) is 88.5. The fourth-order valence-electron chi connectivity index (χ4n) is 12.8. The van der Waals surface area contributed by atoms with Gasteiger partial charge >= 0.3 is 27.1 Å². The summed E-state index contributed by atoms with van der Waals surface area (Å²) in [5, 5.41) is 59.3. The Kier molecular flexibility index (Phi) is 58.8. The number of ketones is 5. The van der Waals surface area contributed by atoms with Crippen LogP contribution in [0.1, 0.15) is 297 Å². The van der Waals surface area contributed by atoms with Crippen LogP contribution in [0.25, 0.3) is 10.8 Å². The number of rotatable bonds is 18. The van der Waals surface area contributed by atoms with Crippen LogP contribution in [0.3, 0.4) is 0 Å². The first kappa shape index (κ1) is 137. The number of phenols is 5. The summed E-state index contributed by atoms with van der Waals surface area (Å²) in [6.45, 7) is 56.0. The van der Waals surface area contributed by atoms with E-state index in [9.17, 15) is 72.4 Å². The van der Waals surface area contributed by atoms with Crippen LogP contribution in [0.15, 0.2) is 211 Å². The van der Waals surface area contributed by atoms with Crippen molar-refractivity contribution in [2.45, 2.75) is 242 Å². The third-order valence-corrected chi connectivity index (χ3v) is 26.0. The van der Waals surface area contributed by atoms with E-state index in [1.165, 1.54) is 45.3 Å². The minimum Gasteiger partial charge on any atom is -0.507 e. The number of benzene rings is 6. The number of fused-ring (bicyclic) bond motifs is 1. The van der Waals surface area contributed by atoms with Crippen molar-refractivity contribution < 1.29 is 110 Å². The molecule has 0 saturated carbocycles. The van der Waals surface area contributed by atoms with Gasteiger partial charge < -0.3 is 73.7 Å². The van der Waals surface area contributed by atoms with Crippen molar-refractivity contribution in [1.29, 1.82) is 0 Å². The second-order valence-electron chi connectivity index (χ2n) is 36.1. The number of nitrogens with zero attached hydrogens (tertiary/aromatic N) is 7. The molecule has 8 heterocycles. The zero-order chi connectivity index (χ0) is 113. The summed E-state index contributed by atoms with van der Waals surface area (Å²) in [6, 6.07) is 42.9. The van der Waals surface area contributed by atoms with Crippen LogP contribution < -0.4 is 10.8 Å². The maximum atomic E-state index is 12.6.